The zero-order chi connectivity index (χ0) is 15.0. The Morgan fingerprint density at radius 1 is 1.35 bits per heavy atom. The van der Waals surface area contributed by atoms with Crippen molar-refractivity contribution in [3.63, 3.8) is 0 Å². The lowest BCUT2D eigenvalue weighted by Crippen LogP contribution is -2.40. The number of rotatable bonds is 10. The van der Waals surface area contributed by atoms with Crippen LogP contribution >= 0.6 is 11.3 Å². The van der Waals surface area contributed by atoms with Crippen molar-refractivity contribution < 1.29 is 8.42 Å². The van der Waals surface area contributed by atoms with Gasteiger partial charge in [0.1, 0.15) is 0 Å². The lowest BCUT2D eigenvalue weighted by atomic mass is 10.2. The van der Waals surface area contributed by atoms with E-state index in [2.05, 4.69) is 23.9 Å². The monoisotopic (exact) mass is 319 g/mol. The summed E-state index contributed by atoms with van der Waals surface area (Å²) in [6, 6.07) is 2.45. The van der Waals surface area contributed by atoms with Crippen LogP contribution in [0, 0.1) is 0 Å². The van der Waals surface area contributed by atoms with Gasteiger partial charge in [-0.25, -0.2) is 4.72 Å². The quantitative estimate of drug-likeness (QED) is 0.642. The summed E-state index contributed by atoms with van der Waals surface area (Å²) >= 11 is 1.63. The molecule has 1 aromatic heterocycles. The van der Waals surface area contributed by atoms with Gasteiger partial charge >= 0.3 is 0 Å². The Morgan fingerprint density at radius 3 is 2.70 bits per heavy atom. The molecule has 0 atom stereocenters. The second-order valence-corrected chi connectivity index (χ2v) is 7.71. The van der Waals surface area contributed by atoms with Crippen molar-refractivity contribution >= 4 is 21.5 Å². The molecule has 1 heterocycles. The van der Waals surface area contributed by atoms with Gasteiger partial charge < -0.3 is 5.32 Å². The summed E-state index contributed by atoms with van der Waals surface area (Å²) in [5.74, 6) is 0. The molecular weight excluding hydrogens is 294 g/mol. The standard InChI is InChI=1S/C13H25N3O2S2/c1-12(2)14-7-4-9-16(3)20(17,18)15-8-5-13-6-10-19-11-13/h6,10-12,14-15H,4-5,7-9H2,1-3H3. The average molecular weight is 319 g/mol. The summed E-state index contributed by atoms with van der Waals surface area (Å²) in [6.07, 6.45) is 1.53. The predicted octanol–water partition coefficient (Wildman–Crippen LogP) is 1.44. The lowest BCUT2D eigenvalue weighted by molar-refractivity contribution is 0.439. The molecule has 0 saturated carbocycles. The van der Waals surface area contributed by atoms with E-state index in [1.807, 2.05) is 16.8 Å². The van der Waals surface area contributed by atoms with Gasteiger partial charge in [-0.3, -0.25) is 0 Å². The van der Waals surface area contributed by atoms with Crippen LogP contribution in [0.2, 0.25) is 0 Å². The van der Waals surface area contributed by atoms with E-state index in [9.17, 15) is 8.42 Å². The second-order valence-electron chi connectivity index (χ2n) is 5.06. The SMILES string of the molecule is CC(C)NCCCN(C)S(=O)(=O)NCCc1ccsc1. The maximum absolute atomic E-state index is 12.0. The van der Waals surface area contributed by atoms with E-state index in [-0.39, 0.29) is 0 Å². The molecule has 1 rings (SSSR count). The van der Waals surface area contributed by atoms with Gasteiger partial charge in [-0.05, 0) is 41.8 Å². The third kappa shape index (κ3) is 6.81. The molecule has 20 heavy (non-hydrogen) atoms. The largest absolute Gasteiger partial charge is 0.314 e. The molecule has 7 heteroatoms. The fourth-order valence-electron chi connectivity index (χ4n) is 1.68. The van der Waals surface area contributed by atoms with Gasteiger partial charge in [0, 0.05) is 26.2 Å². The van der Waals surface area contributed by atoms with E-state index in [0.717, 1.165) is 19.4 Å². The van der Waals surface area contributed by atoms with Crippen LogP contribution in [0.1, 0.15) is 25.8 Å². The van der Waals surface area contributed by atoms with Crippen LogP contribution in [0.4, 0.5) is 0 Å². The molecule has 5 nitrogen and oxygen atoms in total. The lowest BCUT2D eigenvalue weighted by Gasteiger charge is -2.18. The van der Waals surface area contributed by atoms with Gasteiger partial charge in [-0.1, -0.05) is 13.8 Å². The van der Waals surface area contributed by atoms with Crippen molar-refractivity contribution in [2.45, 2.75) is 32.7 Å². The normalized spacial score (nSPS) is 12.4. The zero-order valence-corrected chi connectivity index (χ0v) is 14.1. The third-order valence-corrected chi connectivity index (χ3v) is 5.20. The second kappa shape index (κ2) is 8.74. The van der Waals surface area contributed by atoms with Crippen molar-refractivity contribution in [2.24, 2.45) is 0 Å². The Labute approximate surface area is 126 Å². The minimum Gasteiger partial charge on any atom is -0.314 e. The third-order valence-electron chi connectivity index (χ3n) is 2.89. The average Bonchev–Trinajstić information content (AvgIpc) is 2.87. The van der Waals surface area contributed by atoms with Gasteiger partial charge in [0.05, 0.1) is 0 Å². The highest BCUT2D eigenvalue weighted by Crippen LogP contribution is 2.06. The maximum Gasteiger partial charge on any atom is 0.279 e. The van der Waals surface area contributed by atoms with Crippen molar-refractivity contribution in [2.75, 3.05) is 26.7 Å². The minimum atomic E-state index is -3.36. The molecule has 116 valence electrons. The van der Waals surface area contributed by atoms with Crippen molar-refractivity contribution in [3.05, 3.63) is 22.4 Å². The summed E-state index contributed by atoms with van der Waals surface area (Å²) in [6.45, 7) is 5.94. The van der Waals surface area contributed by atoms with Crippen molar-refractivity contribution in [1.29, 1.82) is 0 Å². The van der Waals surface area contributed by atoms with Gasteiger partial charge in [-0.2, -0.15) is 24.1 Å². The fourth-order valence-corrected chi connectivity index (χ4v) is 3.34. The topological polar surface area (TPSA) is 61.4 Å². The van der Waals surface area contributed by atoms with Crippen LogP contribution in [0.25, 0.3) is 0 Å². The highest BCUT2D eigenvalue weighted by atomic mass is 32.2. The van der Waals surface area contributed by atoms with E-state index in [1.165, 1.54) is 9.87 Å². The van der Waals surface area contributed by atoms with E-state index in [1.54, 1.807) is 18.4 Å². The van der Waals surface area contributed by atoms with E-state index in [4.69, 9.17) is 0 Å². The molecule has 0 aliphatic heterocycles. The van der Waals surface area contributed by atoms with Gasteiger partial charge in [0.2, 0.25) is 0 Å². The van der Waals surface area contributed by atoms with Gasteiger partial charge in [0.15, 0.2) is 0 Å². The minimum absolute atomic E-state index is 0.431. The van der Waals surface area contributed by atoms with E-state index < -0.39 is 10.2 Å². The first-order valence-electron chi connectivity index (χ1n) is 6.87. The summed E-state index contributed by atoms with van der Waals surface area (Å²) in [5.41, 5.74) is 1.17. The Morgan fingerprint density at radius 2 is 2.10 bits per heavy atom. The Bertz CT molecular complexity index is 458. The molecule has 0 unspecified atom stereocenters. The van der Waals surface area contributed by atoms with Crippen LogP contribution in [-0.4, -0.2) is 45.4 Å². The summed E-state index contributed by atoms with van der Waals surface area (Å²) in [5, 5.41) is 7.31. The summed E-state index contributed by atoms with van der Waals surface area (Å²) < 4.78 is 28.0. The molecule has 0 radical (unpaired) electrons. The number of nitrogens with one attached hydrogen (secondary N) is 2. The smallest absolute Gasteiger partial charge is 0.279 e. The van der Waals surface area contributed by atoms with Crippen LogP contribution in [0.3, 0.4) is 0 Å². The highest BCUT2D eigenvalue weighted by molar-refractivity contribution is 7.87. The van der Waals surface area contributed by atoms with Gasteiger partial charge in [0.25, 0.3) is 10.2 Å². The first-order valence-corrected chi connectivity index (χ1v) is 9.25. The van der Waals surface area contributed by atoms with Crippen molar-refractivity contribution in [3.8, 4) is 0 Å². The fraction of sp³-hybridized carbons (Fsp3) is 0.692. The number of thiophene rings is 1. The molecule has 0 bridgehead atoms. The zero-order valence-electron chi connectivity index (χ0n) is 12.4. The molecule has 1 aromatic rings. The molecule has 0 aliphatic rings. The van der Waals surface area contributed by atoms with Crippen LogP contribution in [-0.2, 0) is 16.6 Å². The van der Waals surface area contributed by atoms with E-state index >= 15 is 0 Å². The molecule has 0 spiro atoms. The van der Waals surface area contributed by atoms with Crippen LogP contribution in [0.15, 0.2) is 16.8 Å². The van der Waals surface area contributed by atoms with Crippen LogP contribution in [0.5, 0.6) is 0 Å². The summed E-state index contributed by atoms with van der Waals surface area (Å²) in [4.78, 5) is 0. The number of hydrogen-bond donors (Lipinski definition) is 2. The van der Waals surface area contributed by atoms with Crippen molar-refractivity contribution in [1.82, 2.24) is 14.3 Å². The van der Waals surface area contributed by atoms with Gasteiger partial charge in [-0.15, -0.1) is 0 Å². The molecule has 0 saturated heterocycles. The molecular formula is C13H25N3O2S2. The first kappa shape index (κ1) is 17.6. The Hall–Kier alpha value is -0.470. The molecule has 2 N–H and O–H groups in total. The predicted molar refractivity (Wildman–Crippen MR) is 85.3 cm³/mol. The first-order chi connectivity index (χ1) is 9.42. The highest BCUT2D eigenvalue weighted by Gasteiger charge is 2.16. The number of nitrogens with zero attached hydrogens (tertiary/aromatic N) is 1. The summed E-state index contributed by atoms with van der Waals surface area (Å²) in [7, 11) is -1.74. The Balaban J connectivity index is 2.24. The Kier molecular flexibility index (Phi) is 7.68. The molecule has 0 aliphatic carbocycles. The molecule has 0 fully saturated rings. The van der Waals surface area contributed by atoms with Crippen LogP contribution < -0.4 is 10.0 Å². The van der Waals surface area contributed by atoms with E-state index in [0.29, 0.717) is 19.1 Å². The molecule has 0 aromatic carbocycles. The number of hydrogen-bond acceptors (Lipinski definition) is 4. The molecule has 0 amide bonds. The maximum atomic E-state index is 12.0.